The number of rotatable bonds is 7. The highest BCUT2D eigenvalue weighted by atomic mass is 32.2. The van der Waals surface area contributed by atoms with Gasteiger partial charge in [-0.25, -0.2) is 9.97 Å². The van der Waals surface area contributed by atoms with E-state index in [-0.39, 0.29) is 11.7 Å². The third kappa shape index (κ3) is 4.92. The zero-order chi connectivity index (χ0) is 15.8. The molecule has 22 heavy (non-hydrogen) atoms. The lowest BCUT2D eigenvalue weighted by molar-refractivity contribution is -0.139. The van der Waals surface area contributed by atoms with Crippen LogP contribution in [-0.2, 0) is 9.53 Å². The maximum atomic E-state index is 11.4. The molecular weight excluding hydrogens is 320 g/mol. The lowest BCUT2D eigenvalue weighted by Gasteiger charge is -2.08. The highest BCUT2D eigenvalue weighted by molar-refractivity contribution is 8.00. The molecule has 0 saturated carbocycles. The molecule has 0 N–H and O–H groups in total. The summed E-state index contributed by atoms with van der Waals surface area (Å²) in [6.45, 7) is 2.15. The van der Waals surface area contributed by atoms with E-state index in [1.807, 2.05) is 30.3 Å². The van der Waals surface area contributed by atoms with E-state index in [0.29, 0.717) is 17.5 Å². The lowest BCUT2D eigenvalue weighted by Crippen LogP contribution is -2.07. The zero-order valence-electron chi connectivity index (χ0n) is 12.3. The molecule has 0 bridgehead atoms. The fourth-order valence-electron chi connectivity index (χ4n) is 1.55. The molecule has 0 unspecified atom stereocenters. The standard InChI is InChI=1S/C15H16N2O3S2/c1-3-20-13(18)10-21-15-16-9-12(19-2)14(17-15)22-11-7-5-4-6-8-11/h4-9H,3,10H2,1-2H3. The van der Waals surface area contributed by atoms with Crippen LogP contribution in [0.4, 0.5) is 0 Å². The highest BCUT2D eigenvalue weighted by Gasteiger charge is 2.11. The van der Waals surface area contributed by atoms with E-state index in [4.69, 9.17) is 9.47 Å². The van der Waals surface area contributed by atoms with Crippen molar-refractivity contribution in [3.8, 4) is 5.75 Å². The predicted octanol–water partition coefficient (Wildman–Crippen LogP) is 3.29. The Hall–Kier alpha value is -1.73. The molecule has 1 heterocycles. The Balaban J connectivity index is 2.10. The summed E-state index contributed by atoms with van der Waals surface area (Å²) in [7, 11) is 1.58. The van der Waals surface area contributed by atoms with Gasteiger partial charge in [-0.1, -0.05) is 41.7 Å². The molecule has 0 aliphatic rings. The van der Waals surface area contributed by atoms with Crippen LogP contribution in [0.1, 0.15) is 6.92 Å². The quantitative estimate of drug-likeness (QED) is 0.333. The minimum atomic E-state index is -0.274. The molecule has 0 aliphatic heterocycles. The van der Waals surface area contributed by atoms with Gasteiger partial charge in [-0.05, 0) is 19.1 Å². The first-order valence-electron chi connectivity index (χ1n) is 6.65. The Morgan fingerprint density at radius 1 is 1.27 bits per heavy atom. The number of nitrogens with zero attached hydrogens (tertiary/aromatic N) is 2. The lowest BCUT2D eigenvalue weighted by atomic mass is 10.4. The van der Waals surface area contributed by atoms with Gasteiger partial charge < -0.3 is 9.47 Å². The second kappa shape index (κ2) is 8.65. The molecule has 7 heteroatoms. The third-order valence-corrected chi connectivity index (χ3v) is 4.33. The first-order chi connectivity index (χ1) is 10.7. The van der Waals surface area contributed by atoms with Crippen molar-refractivity contribution in [1.82, 2.24) is 9.97 Å². The number of esters is 1. The first-order valence-corrected chi connectivity index (χ1v) is 8.45. The summed E-state index contributed by atoms with van der Waals surface area (Å²) in [5.41, 5.74) is 0. The van der Waals surface area contributed by atoms with Crippen molar-refractivity contribution in [3.05, 3.63) is 36.5 Å². The van der Waals surface area contributed by atoms with Crippen molar-refractivity contribution in [2.45, 2.75) is 22.0 Å². The van der Waals surface area contributed by atoms with Gasteiger partial charge in [0.05, 0.1) is 25.7 Å². The Kier molecular flexibility index (Phi) is 6.54. The number of hydrogen-bond donors (Lipinski definition) is 0. The number of benzene rings is 1. The van der Waals surface area contributed by atoms with E-state index in [2.05, 4.69) is 9.97 Å². The smallest absolute Gasteiger partial charge is 0.316 e. The van der Waals surface area contributed by atoms with E-state index in [1.165, 1.54) is 23.5 Å². The van der Waals surface area contributed by atoms with Crippen LogP contribution >= 0.6 is 23.5 Å². The number of aromatic nitrogens is 2. The Bertz CT molecular complexity index is 623. The first kappa shape index (κ1) is 16.6. The molecule has 0 saturated heterocycles. The van der Waals surface area contributed by atoms with Crippen LogP contribution in [-0.4, -0.2) is 35.4 Å². The fourth-order valence-corrected chi connectivity index (χ4v) is 3.11. The van der Waals surface area contributed by atoms with Crippen LogP contribution in [0, 0.1) is 0 Å². The average Bonchev–Trinajstić information content (AvgIpc) is 2.54. The van der Waals surface area contributed by atoms with Gasteiger partial charge in [0.1, 0.15) is 5.03 Å². The number of ether oxygens (including phenoxy) is 2. The molecule has 0 aliphatic carbocycles. The number of methoxy groups -OCH3 is 1. The molecule has 2 aromatic rings. The molecule has 0 atom stereocenters. The summed E-state index contributed by atoms with van der Waals surface area (Å²) < 4.78 is 10.2. The molecule has 1 aromatic carbocycles. The van der Waals surface area contributed by atoms with Gasteiger partial charge in [0, 0.05) is 4.90 Å². The molecule has 0 spiro atoms. The van der Waals surface area contributed by atoms with Crippen LogP contribution in [0.2, 0.25) is 0 Å². The maximum Gasteiger partial charge on any atom is 0.316 e. The molecule has 0 radical (unpaired) electrons. The normalized spacial score (nSPS) is 10.3. The number of carbonyl (C=O) groups is 1. The maximum absolute atomic E-state index is 11.4. The molecule has 1 aromatic heterocycles. The Morgan fingerprint density at radius 2 is 2.05 bits per heavy atom. The molecule has 2 rings (SSSR count). The van der Waals surface area contributed by atoms with Crippen LogP contribution in [0.5, 0.6) is 5.75 Å². The topological polar surface area (TPSA) is 61.3 Å². The highest BCUT2D eigenvalue weighted by Crippen LogP contribution is 2.33. The average molecular weight is 336 g/mol. The van der Waals surface area contributed by atoms with Gasteiger partial charge in [0.2, 0.25) is 0 Å². The van der Waals surface area contributed by atoms with Gasteiger partial charge in [0.15, 0.2) is 10.9 Å². The third-order valence-electron chi connectivity index (χ3n) is 2.50. The van der Waals surface area contributed by atoms with E-state index in [9.17, 15) is 4.79 Å². The van der Waals surface area contributed by atoms with Gasteiger partial charge in [-0.3, -0.25) is 4.79 Å². The monoisotopic (exact) mass is 336 g/mol. The Morgan fingerprint density at radius 3 is 2.73 bits per heavy atom. The molecule has 0 amide bonds. The van der Waals surface area contributed by atoms with Gasteiger partial charge in [0.25, 0.3) is 0 Å². The second-order valence-corrected chi connectivity index (χ2v) is 6.04. The number of thioether (sulfide) groups is 1. The number of hydrogen-bond acceptors (Lipinski definition) is 7. The van der Waals surface area contributed by atoms with E-state index in [1.54, 1.807) is 20.2 Å². The van der Waals surface area contributed by atoms with Crippen molar-refractivity contribution in [2.24, 2.45) is 0 Å². The molecule has 0 fully saturated rings. The summed E-state index contributed by atoms with van der Waals surface area (Å²) in [6.07, 6.45) is 1.62. The van der Waals surface area contributed by atoms with Crippen LogP contribution in [0.15, 0.2) is 51.6 Å². The van der Waals surface area contributed by atoms with E-state index in [0.717, 1.165) is 9.92 Å². The molecule has 116 valence electrons. The summed E-state index contributed by atoms with van der Waals surface area (Å²) in [6, 6.07) is 9.88. The summed E-state index contributed by atoms with van der Waals surface area (Å²) in [5.74, 6) is 0.522. The van der Waals surface area contributed by atoms with E-state index < -0.39 is 0 Å². The van der Waals surface area contributed by atoms with E-state index >= 15 is 0 Å². The van der Waals surface area contributed by atoms with Crippen molar-refractivity contribution in [2.75, 3.05) is 19.5 Å². The van der Waals surface area contributed by atoms with Crippen molar-refractivity contribution >= 4 is 29.5 Å². The predicted molar refractivity (Wildman–Crippen MR) is 86.5 cm³/mol. The largest absolute Gasteiger partial charge is 0.492 e. The number of carbonyl (C=O) groups excluding carboxylic acids is 1. The summed E-state index contributed by atoms with van der Waals surface area (Å²) in [5, 5.41) is 1.24. The van der Waals surface area contributed by atoms with Crippen LogP contribution in [0.3, 0.4) is 0 Å². The molecule has 5 nitrogen and oxygen atoms in total. The molecular formula is C15H16N2O3S2. The van der Waals surface area contributed by atoms with Gasteiger partial charge in [-0.2, -0.15) is 0 Å². The zero-order valence-corrected chi connectivity index (χ0v) is 13.9. The Labute approximate surface area is 137 Å². The van der Waals surface area contributed by atoms with Crippen molar-refractivity contribution in [3.63, 3.8) is 0 Å². The van der Waals surface area contributed by atoms with Crippen molar-refractivity contribution < 1.29 is 14.3 Å². The minimum absolute atomic E-state index is 0.190. The second-order valence-electron chi connectivity index (χ2n) is 4.03. The van der Waals surface area contributed by atoms with Crippen LogP contribution < -0.4 is 4.74 Å². The SMILES string of the molecule is CCOC(=O)CSc1ncc(OC)c(Sc2ccccc2)n1. The minimum Gasteiger partial charge on any atom is -0.492 e. The van der Waals surface area contributed by atoms with Crippen molar-refractivity contribution in [1.29, 1.82) is 0 Å². The van der Waals surface area contributed by atoms with Crippen LogP contribution in [0.25, 0.3) is 0 Å². The summed E-state index contributed by atoms with van der Waals surface area (Å²) in [4.78, 5) is 21.1. The fraction of sp³-hybridized carbons (Fsp3) is 0.267. The van der Waals surface area contributed by atoms with Gasteiger partial charge >= 0.3 is 5.97 Å². The summed E-state index contributed by atoms with van der Waals surface area (Å²) >= 11 is 2.74. The van der Waals surface area contributed by atoms with Gasteiger partial charge in [-0.15, -0.1) is 0 Å².